The Bertz CT molecular complexity index is 460. The number of piperidine rings is 1. The molecule has 2 heterocycles. The lowest BCUT2D eigenvalue weighted by Gasteiger charge is -2.36. The van der Waals surface area contributed by atoms with Gasteiger partial charge < -0.3 is 4.90 Å². The standard InChI is InChI=1S/C13H13FINO/c14-8-1-4-13(12(15)5-8)16-9-2-3-10(16)7-11(17)6-9/h1,4-5,9-10H,2-3,6-7H2. The number of hydrogen-bond donors (Lipinski definition) is 0. The maximum Gasteiger partial charge on any atom is 0.137 e. The van der Waals surface area contributed by atoms with Crippen molar-refractivity contribution in [1.82, 2.24) is 0 Å². The summed E-state index contributed by atoms with van der Waals surface area (Å²) in [6, 6.07) is 5.58. The van der Waals surface area contributed by atoms with Crippen LogP contribution >= 0.6 is 22.6 Å². The summed E-state index contributed by atoms with van der Waals surface area (Å²) >= 11 is 2.17. The minimum Gasteiger partial charge on any atom is -0.364 e. The van der Waals surface area contributed by atoms with Gasteiger partial charge >= 0.3 is 0 Å². The van der Waals surface area contributed by atoms with Gasteiger partial charge in [0.15, 0.2) is 0 Å². The molecule has 0 aromatic heterocycles. The Labute approximate surface area is 113 Å². The molecule has 2 fully saturated rings. The number of Topliss-reactive ketones (excluding diaryl/α,β-unsaturated/α-hetero) is 1. The van der Waals surface area contributed by atoms with E-state index in [-0.39, 0.29) is 5.82 Å². The van der Waals surface area contributed by atoms with Gasteiger partial charge in [-0.05, 0) is 53.6 Å². The van der Waals surface area contributed by atoms with E-state index in [0.717, 1.165) is 22.1 Å². The first-order valence-electron chi connectivity index (χ1n) is 5.90. The van der Waals surface area contributed by atoms with Gasteiger partial charge in [-0.2, -0.15) is 0 Å². The fourth-order valence-electron chi connectivity index (χ4n) is 3.05. The Morgan fingerprint density at radius 2 is 1.88 bits per heavy atom. The highest BCUT2D eigenvalue weighted by molar-refractivity contribution is 14.1. The fraction of sp³-hybridized carbons (Fsp3) is 0.462. The first kappa shape index (κ1) is 11.4. The molecule has 1 aromatic carbocycles. The molecule has 2 bridgehead atoms. The summed E-state index contributed by atoms with van der Waals surface area (Å²) < 4.78 is 14.0. The van der Waals surface area contributed by atoms with Crippen LogP contribution in [0.4, 0.5) is 10.1 Å². The number of halogens is 2. The zero-order valence-electron chi connectivity index (χ0n) is 9.33. The first-order valence-corrected chi connectivity index (χ1v) is 6.98. The van der Waals surface area contributed by atoms with Gasteiger partial charge in [-0.25, -0.2) is 4.39 Å². The maximum absolute atomic E-state index is 13.1. The number of hydrogen-bond acceptors (Lipinski definition) is 2. The lowest BCUT2D eigenvalue weighted by Crippen LogP contribution is -2.43. The molecule has 4 heteroatoms. The molecule has 0 spiro atoms. The molecule has 0 saturated carbocycles. The molecule has 0 radical (unpaired) electrons. The quantitative estimate of drug-likeness (QED) is 0.729. The number of carbonyl (C=O) groups excluding carboxylic acids is 1. The molecular weight excluding hydrogens is 332 g/mol. The Kier molecular flexibility index (Phi) is 2.84. The number of ketones is 1. The second kappa shape index (κ2) is 4.23. The van der Waals surface area contributed by atoms with Crippen molar-refractivity contribution in [2.45, 2.75) is 37.8 Å². The highest BCUT2D eigenvalue weighted by Gasteiger charge is 2.40. The third kappa shape index (κ3) is 1.96. The highest BCUT2D eigenvalue weighted by atomic mass is 127. The topological polar surface area (TPSA) is 20.3 Å². The van der Waals surface area contributed by atoms with Crippen molar-refractivity contribution >= 4 is 34.1 Å². The van der Waals surface area contributed by atoms with Crippen LogP contribution in [0.25, 0.3) is 0 Å². The van der Waals surface area contributed by atoms with Crippen LogP contribution in [-0.2, 0) is 4.79 Å². The van der Waals surface area contributed by atoms with Crippen LogP contribution in [0.5, 0.6) is 0 Å². The van der Waals surface area contributed by atoms with Crippen LogP contribution in [0.2, 0.25) is 0 Å². The summed E-state index contributed by atoms with van der Waals surface area (Å²) in [6.45, 7) is 0. The molecule has 2 unspecified atom stereocenters. The molecule has 17 heavy (non-hydrogen) atoms. The van der Waals surface area contributed by atoms with Crippen molar-refractivity contribution in [1.29, 1.82) is 0 Å². The van der Waals surface area contributed by atoms with Gasteiger partial charge in [-0.3, -0.25) is 4.79 Å². The summed E-state index contributed by atoms with van der Waals surface area (Å²) in [5.41, 5.74) is 1.09. The van der Waals surface area contributed by atoms with Crippen molar-refractivity contribution in [2.75, 3.05) is 4.90 Å². The van der Waals surface area contributed by atoms with E-state index in [1.807, 2.05) is 6.07 Å². The van der Waals surface area contributed by atoms with Crippen molar-refractivity contribution in [2.24, 2.45) is 0 Å². The number of rotatable bonds is 1. The van der Waals surface area contributed by atoms with E-state index >= 15 is 0 Å². The third-order valence-corrected chi connectivity index (χ3v) is 4.60. The first-order chi connectivity index (χ1) is 8.15. The number of benzene rings is 1. The second-order valence-electron chi connectivity index (χ2n) is 4.83. The average Bonchev–Trinajstić information content (AvgIpc) is 2.53. The summed E-state index contributed by atoms with van der Waals surface area (Å²) in [6.07, 6.45) is 3.49. The van der Waals surface area contributed by atoms with Crippen LogP contribution in [0.3, 0.4) is 0 Å². The van der Waals surface area contributed by atoms with Crippen LogP contribution in [0.15, 0.2) is 18.2 Å². The summed E-state index contributed by atoms with van der Waals surface area (Å²) in [4.78, 5) is 13.9. The lowest BCUT2D eigenvalue weighted by atomic mass is 10.0. The van der Waals surface area contributed by atoms with Crippen LogP contribution in [0, 0.1) is 9.39 Å². The normalized spacial score (nSPS) is 27.6. The van der Waals surface area contributed by atoms with Gasteiger partial charge in [-0.1, -0.05) is 0 Å². The highest BCUT2D eigenvalue weighted by Crippen LogP contribution is 2.39. The molecule has 90 valence electrons. The van der Waals surface area contributed by atoms with Crippen LogP contribution in [-0.4, -0.2) is 17.9 Å². The average molecular weight is 345 g/mol. The number of nitrogens with zero attached hydrogens (tertiary/aromatic N) is 1. The Morgan fingerprint density at radius 1 is 1.24 bits per heavy atom. The predicted octanol–water partition coefficient (Wildman–Crippen LogP) is 3.13. The van der Waals surface area contributed by atoms with E-state index < -0.39 is 0 Å². The van der Waals surface area contributed by atoms with E-state index in [1.165, 1.54) is 6.07 Å². The van der Waals surface area contributed by atoms with Gasteiger partial charge in [0.05, 0.1) is 5.69 Å². The van der Waals surface area contributed by atoms with E-state index in [1.54, 1.807) is 6.07 Å². The largest absolute Gasteiger partial charge is 0.364 e. The lowest BCUT2D eigenvalue weighted by molar-refractivity contribution is -0.120. The molecule has 2 saturated heterocycles. The molecular formula is C13H13FINO. The van der Waals surface area contributed by atoms with Crippen LogP contribution < -0.4 is 4.90 Å². The zero-order valence-corrected chi connectivity index (χ0v) is 11.5. The monoisotopic (exact) mass is 345 g/mol. The van der Waals surface area contributed by atoms with E-state index in [4.69, 9.17) is 0 Å². The van der Waals surface area contributed by atoms with Gasteiger partial charge in [0.1, 0.15) is 11.6 Å². The predicted molar refractivity (Wildman–Crippen MR) is 72.6 cm³/mol. The molecule has 2 aliphatic rings. The zero-order chi connectivity index (χ0) is 12.0. The minimum absolute atomic E-state index is 0.196. The molecule has 2 atom stereocenters. The molecule has 2 aliphatic heterocycles. The summed E-state index contributed by atoms with van der Waals surface area (Å²) in [5.74, 6) is 0.185. The van der Waals surface area contributed by atoms with Crippen molar-refractivity contribution in [3.63, 3.8) is 0 Å². The Hall–Kier alpha value is -0.650. The number of fused-ring (bicyclic) bond motifs is 2. The number of carbonyl (C=O) groups is 1. The molecule has 2 nitrogen and oxygen atoms in total. The smallest absolute Gasteiger partial charge is 0.137 e. The van der Waals surface area contributed by atoms with Gasteiger partial charge in [0.25, 0.3) is 0 Å². The van der Waals surface area contributed by atoms with Gasteiger partial charge in [0.2, 0.25) is 0 Å². The van der Waals surface area contributed by atoms with Gasteiger partial charge in [-0.15, -0.1) is 0 Å². The fourth-order valence-corrected chi connectivity index (χ4v) is 3.81. The molecule has 0 aliphatic carbocycles. The van der Waals surface area contributed by atoms with E-state index in [2.05, 4.69) is 27.5 Å². The Morgan fingerprint density at radius 3 is 2.47 bits per heavy atom. The molecule has 0 amide bonds. The van der Waals surface area contributed by atoms with E-state index in [0.29, 0.717) is 30.7 Å². The molecule has 1 aromatic rings. The Balaban J connectivity index is 1.97. The summed E-state index contributed by atoms with van der Waals surface area (Å²) in [7, 11) is 0. The van der Waals surface area contributed by atoms with Crippen LogP contribution in [0.1, 0.15) is 25.7 Å². The SMILES string of the molecule is O=C1CC2CCC(C1)N2c1ccc(F)cc1I. The van der Waals surface area contributed by atoms with Gasteiger partial charge in [0, 0.05) is 28.5 Å². The van der Waals surface area contributed by atoms with Crippen molar-refractivity contribution in [3.8, 4) is 0 Å². The second-order valence-corrected chi connectivity index (χ2v) is 6.00. The number of anilines is 1. The molecule has 0 N–H and O–H groups in total. The third-order valence-electron chi connectivity index (χ3n) is 3.73. The molecule has 3 rings (SSSR count). The van der Waals surface area contributed by atoms with E-state index in [9.17, 15) is 9.18 Å². The minimum atomic E-state index is -0.196. The van der Waals surface area contributed by atoms with Crippen molar-refractivity contribution < 1.29 is 9.18 Å². The summed E-state index contributed by atoms with van der Waals surface area (Å²) in [5, 5.41) is 0. The maximum atomic E-state index is 13.1. The van der Waals surface area contributed by atoms with Crippen molar-refractivity contribution in [3.05, 3.63) is 27.6 Å².